The molecule has 0 amide bonds. The number of aliphatic hydroxyl groups is 1. The summed E-state index contributed by atoms with van der Waals surface area (Å²) in [5, 5.41) is 11.9. The van der Waals surface area contributed by atoms with Crippen molar-refractivity contribution in [2.24, 2.45) is 0 Å². The third-order valence-electron chi connectivity index (χ3n) is 1.85. The fourth-order valence-electron chi connectivity index (χ4n) is 1.10. The molecule has 1 unspecified atom stereocenters. The Balaban J connectivity index is 2.36. The van der Waals surface area contributed by atoms with Crippen LogP contribution in [0.15, 0.2) is 16.3 Å². The molecule has 1 aromatic heterocycles. The van der Waals surface area contributed by atoms with Crippen molar-refractivity contribution in [3.63, 3.8) is 0 Å². The van der Waals surface area contributed by atoms with Crippen molar-refractivity contribution < 1.29 is 13.5 Å². The lowest BCUT2D eigenvalue weighted by molar-refractivity contribution is 0.192. The monoisotopic (exact) mass is 298 g/mol. The number of thiophene rings is 1. The van der Waals surface area contributed by atoms with Gasteiger partial charge < -0.3 is 10.4 Å². The molecule has 0 bridgehead atoms. The summed E-state index contributed by atoms with van der Waals surface area (Å²) >= 11 is 6.69. The summed E-state index contributed by atoms with van der Waals surface area (Å²) in [4.78, 5) is 0. The maximum atomic E-state index is 11.7. The number of rotatable bonds is 7. The molecule has 1 rings (SSSR count). The molecule has 0 aromatic carbocycles. The minimum absolute atomic E-state index is 0.207. The van der Waals surface area contributed by atoms with Crippen molar-refractivity contribution in [2.75, 3.05) is 19.6 Å². The van der Waals surface area contributed by atoms with Gasteiger partial charge in [-0.1, -0.05) is 11.6 Å². The van der Waals surface area contributed by atoms with E-state index >= 15 is 0 Å². The van der Waals surface area contributed by atoms with Crippen molar-refractivity contribution in [1.82, 2.24) is 10.0 Å². The van der Waals surface area contributed by atoms with Gasteiger partial charge in [0.25, 0.3) is 0 Å². The number of hydrogen-bond donors (Lipinski definition) is 3. The van der Waals surface area contributed by atoms with Gasteiger partial charge >= 0.3 is 0 Å². The van der Waals surface area contributed by atoms with Crippen LogP contribution in [-0.4, -0.2) is 39.3 Å². The molecule has 8 heteroatoms. The van der Waals surface area contributed by atoms with Gasteiger partial charge in [-0.3, -0.25) is 0 Å². The van der Waals surface area contributed by atoms with Crippen LogP contribution in [0.5, 0.6) is 0 Å². The average Bonchev–Trinajstić information content (AvgIpc) is 2.64. The Labute approximate surface area is 110 Å². The summed E-state index contributed by atoms with van der Waals surface area (Å²) in [5.74, 6) is 0. The van der Waals surface area contributed by atoms with Crippen LogP contribution < -0.4 is 10.0 Å². The summed E-state index contributed by atoms with van der Waals surface area (Å²) in [5.41, 5.74) is 0. The number of hydrogen-bond acceptors (Lipinski definition) is 5. The largest absolute Gasteiger partial charge is 0.392 e. The first-order chi connectivity index (χ1) is 7.92. The van der Waals surface area contributed by atoms with E-state index in [0.29, 0.717) is 17.4 Å². The van der Waals surface area contributed by atoms with E-state index in [4.69, 9.17) is 16.7 Å². The van der Waals surface area contributed by atoms with E-state index in [2.05, 4.69) is 10.0 Å². The third-order valence-corrected chi connectivity index (χ3v) is 5.03. The Kier molecular flexibility index (Phi) is 5.84. The van der Waals surface area contributed by atoms with E-state index in [0.717, 1.165) is 11.3 Å². The SMILES string of the molecule is CC(O)CNCCNS(=O)(=O)c1ccc(Cl)s1. The average molecular weight is 299 g/mol. The Morgan fingerprint density at radius 3 is 2.71 bits per heavy atom. The first-order valence-corrected chi connectivity index (χ1v) is 7.73. The first-order valence-electron chi connectivity index (χ1n) is 5.05. The van der Waals surface area contributed by atoms with Crippen LogP contribution in [0.4, 0.5) is 0 Å². The maximum Gasteiger partial charge on any atom is 0.250 e. The van der Waals surface area contributed by atoms with Gasteiger partial charge in [0.05, 0.1) is 10.4 Å². The molecule has 0 aliphatic rings. The van der Waals surface area contributed by atoms with Crippen molar-refractivity contribution in [3.8, 4) is 0 Å². The lowest BCUT2D eigenvalue weighted by atomic mass is 10.4. The standard InChI is InChI=1S/C9H15ClN2O3S2/c1-7(13)6-11-4-5-12-17(14,15)9-3-2-8(10)16-9/h2-3,7,11-13H,4-6H2,1H3. The molecule has 5 nitrogen and oxygen atoms in total. The van der Waals surface area contributed by atoms with Gasteiger partial charge in [-0.05, 0) is 19.1 Å². The number of aliphatic hydroxyl groups excluding tert-OH is 1. The molecule has 1 heterocycles. The van der Waals surface area contributed by atoms with Crippen LogP contribution in [0.3, 0.4) is 0 Å². The van der Waals surface area contributed by atoms with Gasteiger partial charge in [0.2, 0.25) is 10.0 Å². The van der Waals surface area contributed by atoms with Crippen LogP contribution in [0.2, 0.25) is 4.34 Å². The number of sulfonamides is 1. The van der Waals surface area contributed by atoms with Crippen LogP contribution in [0.1, 0.15) is 6.92 Å². The van der Waals surface area contributed by atoms with E-state index < -0.39 is 16.1 Å². The zero-order valence-corrected chi connectivity index (χ0v) is 11.7. The second kappa shape index (κ2) is 6.67. The third kappa shape index (κ3) is 5.33. The topological polar surface area (TPSA) is 78.4 Å². The van der Waals surface area contributed by atoms with Crippen LogP contribution >= 0.6 is 22.9 Å². The fourth-order valence-corrected chi connectivity index (χ4v) is 3.66. The van der Waals surface area contributed by atoms with Crippen LogP contribution in [0.25, 0.3) is 0 Å². The van der Waals surface area contributed by atoms with E-state index in [1.807, 2.05) is 0 Å². The molecular formula is C9H15ClN2O3S2. The lowest BCUT2D eigenvalue weighted by Gasteiger charge is -2.07. The molecule has 98 valence electrons. The van der Waals surface area contributed by atoms with Gasteiger partial charge in [0.1, 0.15) is 4.21 Å². The summed E-state index contributed by atoms with van der Waals surface area (Å²) < 4.78 is 26.5. The van der Waals surface area contributed by atoms with Crippen LogP contribution in [0, 0.1) is 0 Å². The van der Waals surface area contributed by atoms with Gasteiger partial charge in [-0.2, -0.15) is 0 Å². The molecule has 0 fully saturated rings. The van der Waals surface area contributed by atoms with E-state index in [1.54, 1.807) is 13.0 Å². The van der Waals surface area contributed by atoms with Crippen LogP contribution in [-0.2, 0) is 10.0 Å². The van der Waals surface area contributed by atoms with Crippen molar-refractivity contribution in [1.29, 1.82) is 0 Å². The van der Waals surface area contributed by atoms with Gasteiger partial charge in [-0.25, -0.2) is 13.1 Å². The predicted molar refractivity (Wildman–Crippen MR) is 69.1 cm³/mol. The molecule has 0 aliphatic heterocycles. The molecule has 0 spiro atoms. The lowest BCUT2D eigenvalue weighted by Crippen LogP contribution is -2.34. The fraction of sp³-hybridized carbons (Fsp3) is 0.556. The van der Waals surface area contributed by atoms with Crippen molar-refractivity contribution in [3.05, 3.63) is 16.5 Å². The summed E-state index contributed by atoms with van der Waals surface area (Å²) in [7, 11) is -3.46. The molecule has 0 aliphatic carbocycles. The zero-order chi connectivity index (χ0) is 12.9. The van der Waals surface area contributed by atoms with E-state index in [1.165, 1.54) is 6.07 Å². The minimum Gasteiger partial charge on any atom is -0.392 e. The summed E-state index contributed by atoms with van der Waals surface area (Å²) in [6, 6.07) is 3.02. The quantitative estimate of drug-likeness (QED) is 0.646. The van der Waals surface area contributed by atoms with Gasteiger partial charge in [0.15, 0.2) is 0 Å². The molecule has 17 heavy (non-hydrogen) atoms. The van der Waals surface area contributed by atoms with E-state index in [9.17, 15) is 8.42 Å². The number of halogens is 1. The summed E-state index contributed by atoms with van der Waals surface area (Å²) in [6.07, 6.45) is -0.442. The highest BCUT2D eigenvalue weighted by atomic mass is 35.5. The highest BCUT2D eigenvalue weighted by Crippen LogP contribution is 2.24. The molecule has 1 aromatic rings. The Hall–Kier alpha value is -0.180. The van der Waals surface area contributed by atoms with Crippen molar-refractivity contribution >= 4 is 33.0 Å². The van der Waals surface area contributed by atoms with Gasteiger partial charge in [-0.15, -0.1) is 11.3 Å². The Morgan fingerprint density at radius 1 is 1.47 bits per heavy atom. The van der Waals surface area contributed by atoms with Gasteiger partial charge in [0, 0.05) is 19.6 Å². The predicted octanol–water partition coefficient (Wildman–Crippen LogP) is 0.650. The molecule has 0 saturated heterocycles. The van der Waals surface area contributed by atoms with E-state index in [-0.39, 0.29) is 10.8 Å². The zero-order valence-electron chi connectivity index (χ0n) is 9.31. The molecule has 3 N–H and O–H groups in total. The Bertz CT molecular complexity index is 445. The second-order valence-corrected chi connectivity index (χ2v) is 7.22. The first kappa shape index (κ1) is 14.9. The highest BCUT2D eigenvalue weighted by Gasteiger charge is 2.15. The smallest absolute Gasteiger partial charge is 0.250 e. The molecular weight excluding hydrogens is 284 g/mol. The maximum absolute atomic E-state index is 11.7. The highest BCUT2D eigenvalue weighted by molar-refractivity contribution is 7.91. The Morgan fingerprint density at radius 2 is 2.18 bits per heavy atom. The normalized spacial score (nSPS) is 13.8. The molecule has 0 saturated carbocycles. The molecule has 1 atom stereocenters. The molecule has 0 radical (unpaired) electrons. The second-order valence-electron chi connectivity index (χ2n) is 3.51. The summed E-state index contributed by atoms with van der Waals surface area (Å²) in [6.45, 7) is 2.82. The number of nitrogens with one attached hydrogen (secondary N) is 2. The minimum atomic E-state index is -3.46. The van der Waals surface area contributed by atoms with Crippen molar-refractivity contribution in [2.45, 2.75) is 17.2 Å².